The van der Waals surface area contributed by atoms with Crippen LogP contribution >= 0.6 is 0 Å². The summed E-state index contributed by atoms with van der Waals surface area (Å²) >= 11 is 0. The van der Waals surface area contributed by atoms with E-state index in [0.717, 1.165) is 0 Å². The minimum Gasteiger partial charge on any atom is -0.0312 e. The first-order chi connectivity index (χ1) is 2.50. The smallest absolute Gasteiger partial charge is 0 e. The van der Waals surface area contributed by atoms with Gasteiger partial charge in [-0.2, -0.15) is 0 Å². The van der Waals surface area contributed by atoms with Gasteiger partial charge in [-0.1, -0.05) is 0 Å². The molecule has 26 valence electrons. The first-order valence-corrected chi connectivity index (χ1v) is 1.67. The van der Waals surface area contributed by atoms with Crippen LogP contribution in [0.5, 0.6) is 0 Å². The van der Waals surface area contributed by atoms with Gasteiger partial charge >= 0.3 is 0 Å². The Labute approximate surface area is 88.5 Å². The van der Waals surface area contributed by atoms with E-state index in [0.29, 0.717) is 0 Å². The van der Waals surface area contributed by atoms with Crippen LogP contribution in [0.3, 0.4) is 0 Å². The first kappa shape index (κ1) is 7.81. The molecule has 1 aliphatic rings. The van der Waals surface area contributed by atoms with Crippen LogP contribution in [0.1, 0.15) is 0 Å². The molecule has 1 fully saturated rings. The SMILES string of the molecule is [CH]1[CH][CH][CH][CH]1.[Rb]. The summed E-state index contributed by atoms with van der Waals surface area (Å²) in [6.07, 6.45) is 10.0. The quantitative estimate of drug-likeness (QED) is 0.476. The van der Waals surface area contributed by atoms with Crippen LogP contribution in [0.15, 0.2) is 0 Å². The standard InChI is InChI=1S/C5H5.Rb/c1-2-4-5-3-1;/h1-5H;. The molecule has 0 aliphatic heterocycles. The van der Waals surface area contributed by atoms with Crippen molar-refractivity contribution < 1.29 is 0 Å². The Morgan fingerprint density at radius 2 is 0.667 bits per heavy atom. The van der Waals surface area contributed by atoms with E-state index in [2.05, 4.69) is 0 Å². The average Bonchev–Trinajstić information content (AvgIpc) is 1.76. The molecular formula is C5H5Rb. The van der Waals surface area contributed by atoms with Crippen LogP contribution in [0.25, 0.3) is 0 Å². The number of hydrogen-bond acceptors (Lipinski definition) is 0. The fourth-order valence-corrected chi connectivity index (χ4v) is 0.321. The van der Waals surface area contributed by atoms with Crippen molar-refractivity contribution in [3.63, 3.8) is 0 Å². The van der Waals surface area contributed by atoms with Crippen LogP contribution in [0.4, 0.5) is 0 Å². The van der Waals surface area contributed by atoms with Gasteiger partial charge in [0.05, 0.1) is 0 Å². The molecule has 1 saturated carbocycles. The van der Waals surface area contributed by atoms with E-state index in [9.17, 15) is 0 Å². The van der Waals surface area contributed by atoms with Gasteiger partial charge in [0.2, 0.25) is 0 Å². The zero-order chi connectivity index (χ0) is 3.54. The van der Waals surface area contributed by atoms with Crippen LogP contribution in [-0.2, 0) is 0 Å². The topological polar surface area (TPSA) is 0 Å². The van der Waals surface area contributed by atoms with Crippen molar-refractivity contribution >= 4 is 58.2 Å². The Balaban J connectivity index is 0.000000250. The molecule has 0 atom stereocenters. The summed E-state index contributed by atoms with van der Waals surface area (Å²) < 4.78 is 0. The van der Waals surface area contributed by atoms with Gasteiger partial charge in [-0.25, -0.2) is 0 Å². The summed E-state index contributed by atoms with van der Waals surface area (Å²) in [4.78, 5) is 0. The van der Waals surface area contributed by atoms with Crippen molar-refractivity contribution in [3.05, 3.63) is 32.1 Å². The predicted molar refractivity (Wildman–Crippen MR) is 27.3 cm³/mol. The Morgan fingerprint density at radius 3 is 0.833 bits per heavy atom. The van der Waals surface area contributed by atoms with Crippen LogP contribution in [-0.4, -0.2) is 58.2 Å². The molecular weight excluding hydrogens is 146 g/mol. The normalized spacial score (nSPS) is 20.0. The monoisotopic (exact) mass is 150 g/mol. The van der Waals surface area contributed by atoms with E-state index in [-0.39, 0.29) is 58.2 Å². The van der Waals surface area contributed by atoms with Gasteiger partial charge in [-0.05, 0) is 32.1 Å². The second kappa shape index (κ2) is 4.95. The summed E-state index contributed by atoms with van der Waals surface area (Å²) in [6, 6.07) is 0. The Hall–Kier alpha value is 1.81. The number of hydrogen-bond donors (Lipinski definition) is 0. The van der Waals surface area contributed by atoms with Crippen molar-refractivity contribution in [1.82, 2.24) is 0 Å². The minimum absolute atomic E-state index is 0. The third kappa shape index (κ3) is 2.89. The van der Waals surface area contributed by atoms with Crippen molar-refractivity contribution in [1.29, 1.82) is 0 Å². The molecule has 0 aromatic rings. The molecule has 6 radical (unpaired) electrons. The van der Waals surface area contributed by atoms with Gasteiger partial charge in [-0.15, -0.1) is 0 Å². The molecule has 0 bridgehead atoms. The molecule has 0 aromatic carbocycles. The van der Waals surface area contributed by atoms with E-state index >= 15 is 0 Å². The summed E-state index contributed by atoms with van der Waals surface area (Å²) in [5.41, 5.74) is 0. The maximum atomic E-state index is 2.00. The van der Waals surface area contributed by atoms with Gasteiger partial charge in [0.15, 0.2) is 0 Å². The van der Waals surface area contributed by atoms with Gasteiger partial charge < -0.3 is 0 Å². The summed E-state index contributed by atoms with van der Waals surface area (Å²) in [6.45, 7) is 0. The van der Waals surface area contributed by atoms with E-state index < -0.39 is 0 Å². The zero-order valence-electron chi connectivity index (χ0n) is 3.89. The maximum Gasteiger partial charge on any atom is 0 e. The third-order valence-electron chi connectivity index (χ3n) is 0.556. The summed E-state index contributed by atoms with van der Waals surface area (Å²) in [7, 11) is 0. The van der Waals surface area contributed by atoms with Gasteiger partial charge in [0, 0.05) is 58.2 Å². The van der Waals surface area contributed by atoms with Crippen molar-refractivity contribution in [2.45, 2.75) is 0 Å². The molecule has 0 aromatic heterocycles. The molecule has 0 unspecified atom stereocenters. The van der Waals surface area contributed by atoms with Gasteiger partial charge in [-0.3, -0.25) is 0 Å². The second-order valence-electron chi connectivity index (χ2n) is 0.962. The van der Waals surface area contributed by atoms with Crippen LogP contribution < -0.4 is 0 Å². The summed E-state index contributed by atoms with van der Waals surface area (Å²) in [5, 5.41) is 0. The fourth-order valence-electron chi connectivity index (χ4n) is 0.321. The largest absolute Gasteiger partial charge is 0.0312 e. The molecule has 6 heavy (non-hydrogen) atoms. The van der Waals surface area contributed by atoms with Crippen LogP contribution in [0, 0.1) is 32.1 Å². The first-order valence-electron chi connectivity index (χ1n) is 1.67. The molecule has 1 rings (SSSR count). The van der Waals surface area contributed by atoms with Gasteiger partial charge in [0.25, 0.3) is 0 Å². The maximum absolute atomic E-state index is 2.00. The average molecular weight is 151 g/mol. The van der Waals surface area contributed by atoms with Crippen molar-refractivity contribution in [2.75, 3.05) is 0 Å². The zero-order valence-corrected chi connectivity index (χ0v) is 8.80. The molecule has 0 N–H and O–H groups in total. The molecule has 1 aliphatic carbocycles. The number of rotatable bonds is 0. The molecule has 0 amide bonds. The Kier molecular flexibility index (Phi) is 6.44. The second-order valence-corrected chi connectivity index (χ2v) is 0.962. The summed E-state index contributed by atoms with van der Waals surface area (Å²) in [5.74, 6) is 0. The predicted octanol–water partition coefficient (Wildman–Crippen LogP) is 0.641. The Bertz CT molecular complexity index is 15.5. The molecule has 1 heteroatoms. The molecule has 0 spiro atoms. The molecule has 0 nitrogen and oxygen atoms in total. The minimum atomic E-state index is 0. The van der Waals surface area contributed by atoms with Crippen LogP contribution in [0.2, 0.25) is 0 Å². The molecule has 0 heterocycles. The van der Waals surface area contributed by atoms with Gasteiger partial charge in [0.1, 0.15) is 0 Å². The van der Waals surface area contributed by atoms with E-state index in [4.69, 9.17) is 0 Å². The van der Waals surface area contributed by atoms with Crippen molar-refractivity contribution in [2.24, 2.45) is 0 Å². The van der Waals surface area contributed by atoms with Crippen molar-refractivity contribution in [3.8, 4) is 0 Å². The molecule has 0 saturated heterocycles. The fraction of sp³-hybridized carbons (Fsp3) is 0. The van der Waals surface area contributed by atoms with E-state index in [1.165, 1.54) is 0 Å². The Morgan fingerprint density at radius 1 is 0.500 bits per heavy atom. The third-order valence-corrected chi connectivity index (χ3v) is 0.556. The van der Waals surface area contributed by atoms with E-state index in [1.807, 2.05) is 32.1 Å². The van der Waals surface area contributed by atoms with E-state index in [1.54, 1.807) is 0 Å².